The van der Waals surface area contributed by atoms with Crippen molar-refractivity contribution in [2.75, 3.05) is 22.8 Å². The first-order valence-corrected chi connectivity index (χ1v) is 13.5. The van der Waals surface area contributed by atoms with Gasteiger partial charge in [0.2, 0.25) is 12.7 Å². The average Bonchev–Trinajstić information content (AvgIpc) is 3.53. The highest BCUT2D eigenvalue weighted by atomic mass is 32.2. The Labute approximate surface area is 216 Å². The fraction of sp³-hybridized carbons (Fsp3) is 0.310. The standard InChI is InChI=1S/C29H30N2O4S/c1-2-3-4-5-6-20-7-9-21(10-8-20)28(33)30-23-13-11-22(12-14-23)29-31(27(32)18-36-29)24-15-16-25-26(17-24)35-19-34-25/h7-17,29H,2-6,18-19H2,1H3,(H,30,33). The number of benzene rings is 3. The van der Waals surface area contributed by atoms with E-state index >= 15 is 0 Å². The molecule has 36 heavy (non-hydrogen) atoms. The predicted octanol–water partition coefficient (Wildman–Crippen LogP) is 6.57. The largest absolute Gasteiger partial charge is 0.454 e. The monoisotopic (exact) mass is 502 g/mol. The van der Waals surface area contributed by atoms with Crippen molar-refractivity contribution in [3.63, 3.8) is 0 Å². The van der Waals surface area contributed by atoms with Gasteiger partial charge in [-0.3, -0.25) is 14.5 Å². The van der Waals surface area contributed by atoms with Crippen LogP contribution in [-0.4, -0.2) is 24.4 Å². The molecule has 1 unspecified atom stereocenters. The van der Waals surface area contributed by atoms with Crippen molar-refractivity contribution >= 4 is 35.0 Å². The Hall–Kier alpha value is -3.45. The number of fused-ring (bicyclic) bond motifs is 1. The molecule has 2 amide bonds. The minimum absolute atomic E-state index is 0.0510. The lowest BCUT2D eigenvalue weighted by molar-refractivity contribution is -0.115. The lowest BCUT2D eigenvalue weighted by atomic mass is 10.0. The van der Waals surface area contributed by atoms with E-state index in [0.717, 1.165) is 23.4 Å². The summed E-state index contributed by atoms with van der Waals surface area (Å²) in [5.74, 6) is 1.67. The summed E-state index contributed by atoms with van der Waals surface area (Å²) in [4.78, 5) is 27.3. The molecule has 0 spiro atoms. The van der Waals surface area contributed by atoms with Crippen LogP contribution in [0.4, 0.5) is 11.4 Å². The Morgan fingerprint density at radius 3 is 2.53 bits per heavy atom. The van der Waals surface area contributed by atoms with Gasteiger partial charge in [-0.05, 0) is 60.4 Å². The van der Waals surface area contributed by atoms with Crippen molar-refractivity contribution in [3.8, 4) is 11.5 Å². The predicted molar refractivity (Wildman–Crippen MR) is 144 cm³/mol. The molecular formula is C29H30N2O4S. The number of unbranched alkanes of at least 4 members (excludes halogenated alkanes) is 3. The lowest BCUT2D eigenvalue weighted by Gasteiger charge is -2.24. The summed E-state index contributed by atoms with van der Waals surface area (Å²) in [6.07, 6.45) is 5.98. The lowest BCUT2D eigenvalue weighted by Crippen LogP contribution is -2.27. The number of hydrogen-bond donors (Lipinski definition) is 1. The van der Waals surface area contributed by atoms with Crippen LogP contribution in [-0.2, 0) is 11.2 Å². The van der Waals surface area contributed by atoms with E-state index in [1.54, 1.807) is 16.7 Å². The zero-order valence-corrected chi connectivity index (χ0v) is 21.2. The molecule has 2 heterocycles. The zero-order valence-electron chi connectivity index (χ0n) is 20.4. The van der Waals surface area contributed by atoms with Gasteiger partial charge in [-0.15, -0.1) is 11.8 Å². The van der Waals surface area contributed by atoms with E-state index in [4.69, 9.17) is 9.47 Å². The smallest absolute Gasteiger partial charge is 0.255 e. The van der Waals surface area contributed by atoms with Gasteiger partial charge in [0.25, 0.3) is 5.91 Å². The molecule has 1 N–H and O–H groups in total. The zero-order chi connectivity index (χ0) is 24.9. The van der Waals surface area contributed by atoms with Crippen LogP contribution in [0.1, 0.15) is 59.5 Å². The van der Waals surface area contributed by atoms with Gasteiger partial charge in [0.1, 0.15) is 5.37 Å². The first-order valence-electron chi connectivity index (χ1n) is 12.5. The summed E-state index contributed by atoms with van der Waals surface area (Å²) in [7, 11) is 0. The highest BCUT2D eigenvalue weighted by molar-refractivity contribution is 8.00. The van der Waals surface area contributed by atoms with Crippen LogP contribution < -0.4 is 19.7 Å². The second-order valence-corrected chi connectivity index (χ2v) is 10.1. The number of anilines is 2. The van der Waals surface area contributed by atoms with Crippen LogP contribution in [0.3, 0.4) is 0 Å². The third kappa shape index (κ3) is 5.36. The van der Waals surface area contributed by atoms with Gasteiger partial charge in [-0.2, -0.15) is 0 Å². The second-order valence-electron chi connectivity index (χ2n) is 9.05. The summed E-state index contributed by atoms with van der Waals surface area (Å²) in [6, 6.07) is 21.1. The Morgan fingerprint density at radius 2 is 1.75 bits per heavy atom. The molecule has 2 aliphatic heterocycles. The summed E-state index contributed by atoms with van der Waals surface area (Å²) in [6.45, 7) is 2.41. The molecule has 0 aromatic heterocycles. The fourth-order valence-electron chi connectivity index (χ4n) is 4.50. The number of rotatable bonds is 9. The molecule has 3 aromatic carbocycles. The van der Waals surface area contributed by atoms with Crippen molar-refractivity contribution in [2.24, 2.45) is 0 Å². The second kappa shape index (κ2) is 11.1. The Balaban J connectivity index is 1.22. The van der Waals surface area contributed by atoms with Crippen molar-refractivity contribution in [1.82, 2.24) is 0 Å². The van der Waals surface area contributed by atoms with E-state index in [2.05, 4.69) is 12.2 Å². The van der Waals surface area contributed by atoms with E-state index in [-0.39, 0.29) is 24.0 Å². The molecule has 6 nitrogen and oxygen atoms in total. The normalized spacial score (nSPS) is 16.4. The molecule has 3 aromatic rings. The first kappa shape index (κ1) is 24.3. The number of thioether (sulfide) groups is 1. The molecule has 7 heteroatoms. The van der Waals surface area contributed by atoms with E-state index in [1.165, 1.54) is 31.2 Å². The summed E-state index contributed by atoms with van der Waals surface area (Å²) < 4.78 is 10.9. The maximum atomic E-state index is 12.7. The molecule has 0 saturated carbocycles. The van der Waals surface area contributed by atoms with Gasteiger partial charge in [0, 0.05) is 23.0 Å². The minimum atomic E-state index is -0.146. The first-order chi connectivity index (χ1) is 17.6. The Bertz CT molecular complexity index is 1230. The highest BCUT2D eigenvalue weighted by Crippen LogP contribution is 2.44. The average molecular weight is 503 g/mol. The van der Waals surface area contributed by atoms with Gasteiger partial charge in [0.15, 0.2) is 11.5 Å². The molecule has 0 radical (unpaired) electrons. The number of carbonyl (C=O) groups excluding carboxylic acids is 2. The number of nitrogens with one attached hydrogen (secondary N) is 1. The van der Waals surface area contributed by atoms with Crippen molar-refractivity contribution in [1.29, 1.82) is 0 Å². The van der Waals surface area contributed by atoms with Crippen LogP contribution >= 0.6 is 11.8 Å². The molecule has 2 aliphatic rings. The van der Waals surface area contributed by atoms with Crippen molar-refractivity contribution in [3.05, 3.63) is 83.4 Å². The Kier molecular flexibility index (Phi) is 7.47. The molecule has 1 atom stereocenters. The van der Waals surface area contributed by atoms with Gasteiger partial charge < -0.3 is 14.8 Å². The van der Waals surface area contributed by atoms with Crippen molar-refractivity contribution < 1.29 is 19.1 Å². The van der Waals surface area contributed by atoms with E-state index in [0.29, 0.717) is 22.8 Å². The summed E-state index contributed by atoms with van der Waals surface area (Å²) >= 11 is 1.58. The SMILES string of the molecule is CCCCCCc1ccc(C(=O)Nc2ccc(C3SCC(=O)N3c3ccc4c(c3)OCO4)cc2)cc1. The maximum Gasteiger partial charge on any atom is 0.255 e. The molecule has 1 saturated heterocycles. The topological polar surface area (TPSA) is 67.9 Å². The van der Waals surface area contributed by atoms with Gasteiger partial charge in [-0.1, -0.05) is 50.5 Å². The molecule has 186 valence electrons. The third-order valence-corrected chi connectivity index (χ3v) is 7.70. The number of ether oxygens (including phenoxy) is 2. The third-order valence-electron chi connectivity index (χ3n) is 6.49. The van der Waals surface area contributed by atoms with Crippen LogP contribution in [0.2, 0.25) is 0 Å². The van der Waals surface area contributed by atoms with Crippen LogP contribution in [0, 0.1) is 0 Å². The van der Waals surface area contributed by atoms with Crippen LogP contribution in [0.25, 0.3) is 0 Å². The maximum absolute atomic E-state index is 12.7. The number of aryl methyl sites for hydroxylation is 1. The van der Waals surface area contributed by atoms with Crippen LogP contribution in [0.15, 0.2) is 66.7 Å². The van der Waals surface area contributed by atoms with E-state index in [1.807, 2.05) is 66.7 Å². The van der Waals surface area contributed by atoms with Gasteiger partial charge in [0.05, 0.1) is 5.75 Å². The fourth-order valence-corrected chi connectivity index (χ4v) is 5.68. The van der Waals surface area contributed by atoms with Crippen LogP contribution in [0.5, 0.6) is 11.5 Å². The number of carbonyl (C=O) groups is 2. The minimum Gasteiger partial charge on any atom is -0.454 e. The molecular weight excluding hydrogens is 472 g/mol. The van der Waals surface area contributed by atoms with E-state index < -0.39 is 0 Å². The number of amides is 2. The molecule has 5 rings (SSSR count). The summed E-state index contributed by atoms with van der Waals surface area (Å²) in [5.41, 5.74) is 4.40. The highest BCUT2D eigenvalue weighted by Gasteiger charge is 2.34. The van der Waals surface area contributed by atoms with Gasteiger partial charge >= 0.3 is 0 Å². The Morgan fingerprint density at radius 1 is 0.972 bits per heavy atom. The molecule has 0 aliphatic carbocycles. The van der Waals surface area contributed by atoms with Crippen molar-refractivity contribution in [2.45, 2.75) is 44.4 Å². The molecule has 1 fully saturated rings. The quantitative estimate of drug-likeness (QED) is 0.335. The summed E-state index contributed by atoms with van der Waals surface area (Å²) in [5, 5.41) is 2.83. The van der Waals surface area contributed by atoms with Gasteiger partial charge in [-0.25, -0.2) is 0 Å². The number of nitrogens with zero attached hydrogens (tertiary/aromatic N) is 1. The van der Waals surface area contributed by atoms with E-state index in [9.17, 15) is 9.59 Å². The number of hydrogen-bond acceptors (Lipinski definition) is 5. The molecule has 0 bridgehead atoms.